The van der Waals surface area contributed by atoms with Crippen LogP contribution in [0.4, 0.5) is 0 Å². The van der Waals surface area contributed by atoms with Crippen molar-refractivity contribution in [3.8, 4) is 5.75 Å². The highest BCUT2D eigenvalue weighted by Gasteiger charge is 2.04. The number of aliphatic hydroxyl groups excluding tert-OH is 3. The van der Waals surface area contributed by atoms with Crippen LogP contribution in [-0.4, -0.2) is 39.7 Å². The van der Waals surface area contributed by atoms with Gasteiger partial charge in [-0.25, -0.2) is 0 Å². The summed E-state index contributed by atoms with van der Waals surface area (Å²) in [6.07, 6.45) is -0.954. The van der Waals surface area contributed by atoms with Gasteiger partial charge in [0.15, 0.2) is 0 Å². The minimum absolute atomic E-state index is 0.365. The predicted octanol–water partition coefficient (Wildman–Crippen LogP) is 1.16. The number of hydrogen-bond acceptors (Lipinski definition) is 4. The number of phenolic OH excluding ortho intramolecular Hbond substituents is 1. The van der Waals surface area contributed by atoms with Gasteiger partial charge in [-0.3, -0.25) is 0 Å². The van der Waals surface area contributed by atoms with E-state index < -0.39 is 6.10 Å². The Labute approximate surface area is 102 Å². The summed E-state index contributed by atoms with van der Waals surface area (Å²) < 4.78 is 0. The first-order valence-corrected chi connectivity index (χ1v) is 5.62. The van der Waals surface area contributed by atoms with Gasteiger partial charge in [-0.2, -0.15) is 0 Å². The summed E-state index contributed by atoms with van der Waals surface area (Å²) >= 11 is 0. The van der Waals surface area contributed by atoms with Gasteiger partial charge in [0.25, 0.3) is 0 Å². The Bertz CT molecular complexity index is 319. The molecule has 1 rings (SSSR count). The van der Waals surface area contributed by atoms with E-state index in [1.54, 1.807) is 6.07 Å². The molecule has 4 nitrogen and oxygen atoms in total. The zero-order valence-corrected chi connectivity index (χ0v) is 10.6. The van der Waals surface area contributed by atoms with Gasteiger partial charge in [-0.15, -0.1) is 0 Å². The predicted molar refractivity (Wildman–Crippen MR) is 67.1 cm³/mol. The lowest BCUT2D eigenvalue weighted by Crippen LogP contribution is -2.15. The molecule has 98 valence electrons. The molecule has 0 aromatic heterocycles. The van der Waals surface area contributed by atoms with Crippen molar-refractivity contribution < 1.29 is 20.4 Å². The lowest BCUT2D eigenvalue weighted by molar-refractivity contribution is 0.0450. The third kappa shape index (κ3) is 5.68. The highest BCUT2D eigenvalue weighted by Crippen LogP contribution is 2.25. The van der Waals surface area contributed by atoms with E-state index in [1.165, 1.54) is 5.56 Å². The molecule has 0 aliphatic heterocycles. The van der Waals surface area contributed by atoms with Crippen molar-refractivity contribution in [2.75, 3.05) is 13.2 Å². The Balaban J connectivity index is 0.000000366. The molecule has 0 spiro atoms. The molecule has 0 saturated carbocycles. The van der Waals surface area contributed by atoms with Crippen LogP contribution in [0.3, 0.4) is 0 Å². The Kier molecular flexibility index (Phi) is 7.54. The maximum atomic E-state index is 9.35. The van der Waals surface area contributed by atoms with E-state index in [9.17, 15) is 5.11 Å². The summed E-state index contributed by atoms with van der Waals surface area (Å²) in [5.74, 6) is 0.887. The van der Waals surface area contributed by atoms with Gasteiger partial charge in [-0.05, 0) is 30.0 Å². The first-order chi connectivity index (χ1) is 7.93. The zero-order chi connectivity index (χ0) is 13.4. The smallest absolute Gasteiger partial charge is 0.118 e. The molecule has 0 atom stereocenters. The lowest BCUT2D eigenvalue weighted by atomic mass is 9.98. The molecule has 0 amide bonds. The zero-order valence-electron chi connectivity index (χ0n) is 10.6. The van der Waals surface area contributed by atoms with Crippen LogP contribution in [0.2, 0.25) is 0 Å². The van der Waals surface area contributed by atoms with Gasteiger partial charge in [0, 0.05) is 0 Å². The molecule has 4 heteroatoms. The van der Waals surface area contributed by atoms with E-state index >= 15 is 0 Å². The first kappa shape index (κ1) is 15.9. The number of rotatable bonds is 3. The minimum Gasteiger partial charge on any atom is -0.508 e. The molecule has 0 fully saturated rings. The number of aliphatic hydroxyl groups is 3. The number of phenols is 1. The van der Waals surface area contributed by atoms with Gasteiger partial charge < -0.3 is 20.4 Å². The van der Waals surface area contributed by atoms with Crippen LogP contribution in [-0.2, 0) is 0 Å². The Morgan fingerprint density at radius 2 is 1.65 bits per heavy atom. The molecule has 0 aliphatic carbocycles. The molecular formula is C13H22O4. The minimum atomic E-state index is -0.954. The second kappa shape index (κ2) is 8.06. The molecule has 1 aromatic carbocycles. The van der Waals surface area contributed by atoms with Gasteiger partial charge in [0.05, 0.1) is 13.2 Å². The molecule has 4 N–H and O–H groups in total. The number of aromatic hydroxyl groups is 1. The van der Waals surface area contributed by atoms with Gasteiger partial charge in [-0.1, -0.05) is 26.0 Å². The molecule has 0 unspecified atom stereocenters. The van der Waals surface area contributed by atoms with Gasteiger partial charge in [0.1, 0.15) is 11.9 Å². The maximum Gasteiger partial charge on any atom is 0.118 e. The van der Waals surface area contributed by atoms with Gasteiger partial charge in [0.2, 0.25) is 0 Å². The summed E-state index contributed by atoms with van der Waals surface area (Å²) in [7, 11) is 0. The fourth-order valence-corrected chi connectivity index (χ4v) is 1.32. The van der Waals surface area contributed by atoms with Crippen molar-refractivity contribution in [3.63, 3.8) is 0 Å². The molecule has 17 heavy (non-hydrogen) atoms. The van der Waals surface area contributed by atoms with Crippen LogP contribution in [0.1, 0.15) is 30.9 Å². The average molecular weight is 242 g/mol. The molecule has 0 aliphatic rings. The summed E-state index contributed by atoms with van der Waals surface area (Å²) in [5.41, 5.74) is 2.23. The van der Waals surface area contributed by atoms with Crippen molar-refractivity contribution in [1.29, 1.82) is 0 Å². The lowest BCUT2D eigenvalue weighted by Gasteiger charge is -2.09. The van der Waals surface area contributed by atoms with Crippen molar-refractivity contribution in [2.45, 2.75) is 32.8 Å². The quantitative estimate of drug-likeness (QED) is 0.641. The third-order valence-electron chi connectivity index (χ3n) is 2.39. The topological polar surface area (TPSA) is 80.9 Å². The van der Waals surface area contributed by atoms with Crippen LogP contribution in [0.5, 0.6) is 5.75 Å². The SMILES string of the molecule is Cc1c(O)cccc1C(C)C.OCC(O)CO. The fraction of sp³-hybridized carbons (Fsp3) is 0.538. The van der Waals surface area contributed by atoms with E-state index in [1.807, 2.05) is 13.0 Å². The fourth-order valence-electron chi connectivity index (χ4n) is 1.32. The van der Waals surface area contributed by atoms with Crippen LogP contribution in [0.25, 0.3) is 0 Å². The Hall–Kier alpha value is -1.10. The van der Waals surface area contributed by atoms with Gasteiger partial charge >= 0.3 is 0 Å². The normalized spacial score (nSPS) is 10.4. The Morgan fingerprint density at radius 1 is 1.12 bits per heavy atom. The first-order valence-electron chi connectivity index (χ1n) is 5.62. The van der Waals surface area contributed by atoms with E-state index in [2.05, 4.69) is 19.9 Å². The van der Waals surface area contributed by atoms with Crippen molar-refractivity contribution >= 4 is 0 Å². The van der Waals surface area contributed by atoms with Crippen LogP contribution < -0.4 is 0 Å². The second-order valence-corrected chi connectivity index (χ2v) is 4.17. The van der Waals surface area contributed by atoms with Crippen LogP contribution in [0.15, 0.2) is 18.2 Å². The van der Waals surface area contributed by atoms with Crippen LogP contribution in [0, 0.1) is 6.92 Å². The van der Waals surface area contributed by atoms with E-state index in [0.717, 1.165) is 5.56 Å². The standard InChI is InChI=1S/C10H14O.C3H8O3/c1-7(2)9-5-4-6-10(11)8(9)3;4-1-3(6)2-5/h4-7,11H,1-3H3;3-6H,1-2H2. The number of benzene rings is 1. The van der Waals surface area contributed by atoms with Crippen molar-refractivity contribution in [2.24, 2.45) is 0 Å². The number of hydrogen-bond donors (Lipinski definition) is 4. The van der Waals surface area contributed by atoms with Crippen LogP contribution >= 0.6 is 0 Å². The molecule has 1 aromatic rings. The second-order valence-electron chi connectivity index (χ2n) is 4.17. The highest BCUT2D eigenvalue weighted by molar-refractivity contribution is 5.39. The molecular weight excluding hydrogens is 220 g/mol. The molecule has 0 bridgehead atoms. The summed E-state index contributed by atoms with van der Waals surface area (Å²) in [6, 6.07) is 5.67. The molecule has 0 radical (unpaired) electrons. The summed E-state index contributed by atoms with van der Waals surface area (Å²) in [4.78, 5) is 0. The average Bonchev–Trinajstić information content (AvgIpc) is 2.32. The van der Waals surface area contributed by atoms with Crippen molar-refractivity contribution in [1.82, 2.24) is 0 Å². The largest absolute Gasteiger partial charge is 0.508 e. The third-order valence-corrected chi connectivity index (χ3v) is 2.39. The van der Waals surface area contributed by atoms with E-state index in [4.69, 9.17) is 15.3 Å². The molecule has 0 saturated heterocycles. The summed E-state index contributed by atoms with van der Waals surface area (Å²) in [5, 5.41) is 33.4. The highest BCUT2D eigenvalue weighted by atomic mass is 16.3. The van der Waals surface area contributed by atoms with E-state index in [0.29, 0.717) is 11.7 Å². The summed E-state index contributed by atoms with van der Waals surface area (Å²) in [6.45, 7) is 5.47. The Morgan fingerprint density at radius 3 is 1.94 bits per heavy atom. The van der Waals surface area contributed by atoms with E-state index in [-0.39, 0.29) is 13.2 Å². The maximum absolute atomic E-state index is 9.35. The van der Waals surface area contributed by atoms with Crippen molar-refractivity contribution in [3.05, 3.63) is 29.3 Å². The molecule has 0 heterocycles. The monoisotopic (exact) mass is 242 g/mol.